The second-order valence-electron chi connectivity index (χ2n) is 8.78. The Morgan fingerprint density at radius 2 is 1.70 bits per heavy atom. The van der Waals surface area contributed by atoms with Crippen LogP contribution in [-0.2, 0) is 26.2 Å². The van der Waals surface area contributed by atoms with E-state index in [1.54, 1.807) is 26.8 Å². The van der Waals surface area contributed by atoms with Crippen LogP contribution >= 0.6 is 0 Å². The average molecular weight is 482 g/mol. The van der Waals surface area contributed by atoms with Crippen molar-refractivity contribution in [1.82, 2.24) is 10.2 Å². The predicted octanol–water partition coefficient (Wildman–Crippen LogP) is 3.06. The average Bonchev–Trinajstić information content (AvgIpc) is 2.68. The molecule has 0 spiro atoms. The van der Waals surface area contributed by atoms with Gasteiger partial charge in [-0.05, 0) is 52.0 Å². The number of nitrogens with one attached hydrogen (secondary N) is 1. The third-order valence-electron chi connectivity index (χ3n) is 4.74. The van der Waals surface area contributed by atoms with E-state index in [1.165, 1.54) is 37.3 Å². The van der Waals surface area contributed by atoms with Crippen molar-refractivity contribution in [2.45, 2.75) is 45.8 Å². The van der Waals surface area contributed by atoms with Crippen LogP contribution in [0.15, 0.2) is 48.5 Å². The van der Waals surface area contributed by atoms with Crippen molar-refractivity contribution in [2.75, 3.05) is 17.1 Å². The van der Waals surface area contributed by atoms with Crippen molar-refractivity contribution in [3.63, 3.8) is 0 Å². The topological polar surface area (TPSA) is 86.8 Å². The van der Waals surface area contributed by atoms with Crippen LogP contribution in [0.25, 0.3) is 0 Å². The Bertz CT molecular complexity index is 1120. The van der Waals surface area contributed by atoms with Gasteiger partial charge in [-0.25, -0.2) is 17.2 Å². The lowest BCUT2D eigenvalue weighted by molar-refractivity contribution is -0.140. The molecular formula is C23H29F2N3O4S. The Morgan fingerprint density at radius 1 is 1.06 bits per heavy atom. The summed E-state index contributed by atoms with van der Waals surface area (Å²) < 4.78 is 53.6. The molecule has 0 radical (unpaired) electrons. The number of carbonyl (C=O) groups is 2. The molecule has 33 heavy (non-hydrogen) atoms. The summed E-state index contributed by atoms with van der Waals surface area (Å²) in [6, 6.07) is 9.58. The van der Waals surface area contributed by atoms with Crippen molar-refractivity contribution in [2.24, 2.45) is 0 Å². The lowest BCUT2D eigenvalue weighted by Gasteiger charge is -2.33. The van der Waals surface area contributed by atoms with Gasteiger partial charge in [0.2, 0.25) is 21.8 Å². The van der Waals surface area contributed by atoms with Crippen LogP contribution < -0.4 is 9.62 Å². The van der Waals surface area contributed by atoms with E-state index in [-0.39, 0.29) is 17.8 Å². The highest BCUT2D eigenvalue weighted by atomic mass is 32.2. The summed E-state index contributed by atoms with van der Waals surface area (Å²) in [7, 11) is -3.97. The smallest absolute Gasteiger partial charge is 0.244 e. The van der Waals surface area contributed by atoms with Gasteiger partial charge in [0.25, 0.3) is 0 Å². The van der Waals surface area contributed by atoms with Crippen LogP contribution in [0.2, 0.25) is 0 Å². The molecule has 0 aromatic heterocycles. The summed E-state index contributed by atoms with van der Waals surface area (Å²) in [4.78, 5) is 27.2. The summed E-state index contributed by atoms with van der Waals surface area (Å²) >= 11 is 0. The lowest BCUT2D eigenvalue weighted by atomic mass is 10.1. The number of hydrogen-bond acceptors (Lipinski definition) is 4. The lowest BCUT2D eigenvalue weighted by Crippen LogP contribution is -2.54. The highest BCUT2D eigenvalue weighted by molar-refractivity contribution is 7.92. The Kier molecular flexibility index (Phi) is 8.18. The molecule has 1 atom stereocenters. The quantitative estimate of drug-likeness (QED) is 0.628. The minimum Gasteiger partial charge on any atom is -0.350 e. The molecule has 0 aliphatic carbocycles. The molecule has 180 valence electrons. The Morgan fingerprint density at radius 3 is 2.24 bits per heavy atom. The number of nitrogens with zero attached hydrogens (tertiary/aromatic N) is 2. The van der Waals surface area contributed by atoms with Gasteiger partial charge in [0.15, 0.2) is 0 Å². The van der Waals surface area contributed by atoms with Gasteiger partial charge in [0.1, 0.15) is 24.2 Å². The minimum atomic E-state index is -3.97. The highest BCUT2D eigenvalue weighted by Gasteiger charge is 2.31. The highest BCUT2D eigenvalue weighted by Crippen LogP contribution is 2.20. The first kappa shape index (κ1) is 26.2. The van der Waals surface area contributed by atoms with Crippen LogP contribution in [0.4, 0.5) is 14.5 Å². The molecule has 2 aromatic carbocycles. The van der Waals surface area contributed by atoms with E-state index in [2.05, 4.69) is 5.32 Å². The summed E-state index contributed by atoms with van der Waals surface area (Å²) in [5.74, 6) is -2.47. The van der Waals surface area contributed by atoms with Crippen LogP contribution in [-0.4, -0.2) is 49.5 Å². The molecule has 0 unspecified atom stereocenters. The van der Waals surface area contributed by atoms with E-state index in [0.717, 1.165) is 27.6 Å². The van der Waals surface area contributed by atoms with Crippen molar-refractivity contribution in [3.05, 3.63) is 65.7 Å². The molecule has 0 saturated heterocycles. The molecule has 2 aromatic rings. The molecule has 0 bridgehead atoms. The number of benzene rings is 2. The number of amides is 2. The zero-order valence-corrected chi connectivity index (χ0v) is 20.1. The van der Waals surface area contributed by atoms with Crippen molar-refractivity contribution in [3.8, 4) is 0 Å². The van der Waals surface area contributed by atoms with Gasteiger partial charge >= 0.3 is 0 Å². The number of sulfonamides is 1. The van der Waals surface area contributed by atoms with E-state index in [1.807, 2.05) is 0 Å². The van der Waals surface area contributed by atoms with Gasteiger partial charge in [0, 0.05) is 17.6 Å². The van der Waals surface area contributed by atoms with Gasteiger partial charge in [-0.3, -0.25) is 13.9 Å². The molecule has 7 nitrogen and oxygen atoms in total. The minimum absolute atomic E-state index is 0.0384. The van der Waals surface area contributed by atoms with Crippen molar-refractivity contribution in [1.29, 1.82) is 0 Å². The molecule has 10 heteroatoms. The summed E-state index contributed by atoms with van der Waals surface area (Å²) in [5, 5.41) is 2.77. The summed E-state index contributed by atoms with van der Waals surface area (Å²) in [6.45, 7) is 5.85. The van der Waals surface area contributed by atoms with E-state index in [4.69, 9.17) is 0 Å². The van der Waals surface area contributed by atoms with Gasteiger partial charge in [0.05, 0.1) is 11.9 Å². The first-order valence-electron chi connectivity index (χ1n) is 10.3. The molecule has 0 saturated carbocycles. The fourth-order valence-corrected chi connectivity index (χ4v) is 3.95. The van der Waals surface area contributed by atoms with Gasteiger partial charge in [-0.15, -0.1) is 0 Å². The molecule has 1 N–H and O–H groups in total. The van der Waals surface area contributed by atoms with Gasteiger partial charge < -0.3 is 10.2 Å². The number of halogens is 2. The molecule has 0 fully saturated rings. The molecule has 2 amide bonds. The fourth-order valence-electron chi connectivity index (χ4n) is 3.11. The predicted molar refractivity (Wildman–Crippen MR) is 123 cm³/mol. The zero-order chi connectivity index (χ0) is 25.0. The monoisotopic (exact) mass is 481 g/mol. The first-order chi connectivity index (χ1) is 15.2. The molecule has 0 aliphatic heterocycles. The largest absolute Gasteiger partial charge is 0.350 e. The number of carbonyl (C=O) groups excluding carboxylic acids is 2. The molecule has 0 aliphatic rings. The van der Waals surface area contributed by atoms with Crippen molar-refractivity contribution < 1.29 is 26.8 Å². The second-order valence-corrected chi connectivity index (χ2v) is 10.7. The first-order valence-corrected chi connectivity index (χ1v) is 12.1. The standard InChI is InChI=1S/C23H29F2N3O4S/c1-16(22(30)26-23(2,3)4)27(14-17-9-6-7-12-20(17)25)21(29)15-28(33(5,31)32)19-11-8-10-18(24)13-19/h6-13,16H,14-15H2,1-5H3,(H,26,30)/t16-/m1/s1. The maximum atomic E-state index is 14.3. The van der Waals surface area contributed by atoms with Gasteiger partial charge in [-0.2, -0.15) is 0 Å². The van der Waals surface area contributed by atoms with E-state index >= 15 is 0 Å². The normalized spacial score (nSPS) is 12.7. The third kappa shape index (κ3) is 7.52. The van der Waals surface area contributed by atoms with Crippen LogP contribution in [0.3, 0.4) is 0 Å². The van der Waals surface area contributed by atoms with E-state index < -0.39 is 51.6 Å². The van der Waals surface area contributed by atoms with Crippen LogP contribution in [0.5, 0.6) is 0 Å². The summed E-state index contributed by atoms with van der Waals surface area (Å²) in [6.07, 6.45) is 0.891. The van der Waals surface area contributed by atoms with E-state index in [0.29, 0.717) is 0 Å². The Labute approximate surface area is 193 Å². The maximum Gasteiger partial charge on any atom is 0.244 e. The van der Waals surface area contributed by atoms with Crippen molar-refractivity contribution >= 4 is 27.5 Å². The third-order valence-corrected chi connectivity index (χ3v) is 5.88. The van der Waals surface area contributed by atoms with Crippen LogP contribution in [0, 0.1) is 11.6 Å². The molecule has 2 rings (SSSR count). The fraction of sp³-hybridized carbons (Fsp3) is 0.391. The number of hydrogen-bond donors (Lipinski definition) is 1. The number of anilines is 1. The molecular weight excluding hydrogens is 452 g/mol. The SMILES string of the molecule is C[C@H](C(=O)NC(C)(C)C)N(Cc1ccccc1F)C(=O)CN(c1cccc(F)c1)S(C)(=O)=O. The zero-order valence-electron chi connectivity index (χ0n) is 19.3. The Hall–Kier alpha value is -3.01. The molecule has 0 heterocycles. The Balaban J connectivity index is 2.42. The van der Waals surface area contributed by atoms with Crippen LogP contribution in [0.1, 0.15) is 33.3 Å². The van der Waals surface area contributed by atoms with E-state index in [9.17, 15) is 26.8 Å². The van der Waals surface area contributed by atoms with Gasteiger partial charge in [-0.1, -0.05) is 24.3 Å². The second kappa shape index (κ2) is 10.3. The summed E-state index contributed by atoms with van der Waals surface area (Å²) in [5.41, 5.74) is -0.459. The maximum absolute atomic E-state index is 14.3. The number of rotatable bonds is 8.